The van der Waals surface area contributed by atoms with Crippen molar-refractivity contribution in [1.29, 1.82) is 0 Å². The van der Waals surface area contributed by atoms with Gasteiger partial charge in [0.25, 0.3) is 0 Å². The fourth-order valence-electron chi connectivity index (χ4n) is 2.88. The van der Waals surface area contributed by atoms with Crippen molar-refractivity contribution in [3.63, 3.8) is 0 Å². The van der Waals surface area contributed by atoms with Crippen molar-refractivity contribution in [1.82, 2.24) is 10.2 Å². The molecule has 0 fully saturated rings. The highest BCUT2D eigenvalue weighted by atomic mass is 35.5. The lowest BCUT2D eigenvalue weighted by Crippen LogP contribution is -2.48. The summed E-state index contributed by atoms with van der Waals surface area (Å²) < 4.78 is 14.1. The Hall–Kier alpha value is -2.40. The SMILES string of the molecule is CCCNC(=O)[C@@H](C)N(Cc1ccccc1F)C(=O)CCc1ccccc1Cl. The fourth-order valence-corrected chi connectivity index (χ4v) is 3.11. The summed E-state index contributed by atoms with van der Waals surface area (Å²) in [5, 5.41) is 3.40. The smallest absolute Gasteiger partial charge is 0.242 e. The Kier molecular flexibility index (Phi) is 8.45. The van der Waals surface area contributed by atoms with Crippen LogP contribution in [0, 0.1) is 5.82 Å². The highest BCUT2D eigenvalue weighted by molar-refractivity contribution is 6.31. The molecule has 2 aromatic rings. The van der Waals surface area contributed by atoms with Crippen LogP contribution < -0.4 is 5.32 Å². The predicted molar refractivity (Wildman–Crippen MR) is 109 cm³/mol. The summed E-state index contributed by atoms with van der Waals surface area (Å²) in [6, 6.07) is 12.9. The lowest BCUT2D eigenvalue weighted by atomic mass is 10.1. The van der Waals surface area contributed by atoms with Crippen molar-refractivity contribution in [2.45, 2.75) is 45.7 Å². The molecule has 1 N–H and O–H groups in total. The molecule has 0 aliphatic heterocycles. The van der Waals surface area contributed by atoms with E-state index in [-0.39, 0.29) is 24.8 Å². The first-order valence-electron chi connectivity index (χ1n) is 9.48. The van der Waals surface area contributed by atoms with Crippen LogP contribution in [-0.4, -0.2) is 29.3 Å². The Bertz CT molecular complexity index is 813. The van der Waals surface area contributed by atoms with Crippen molar-refractivity contribution in [3.05, 3.63) is 70.5 Å². The number of benzene rings is 2. The molecule has 0 heterocycles. The Balaban J connectivity index is 2.16. The van der Waals surface area contributed by atoms with Gasteiger partial charge in [0.15, 0.2) is 0 Å². The zero-order chi connectivity index (χ0) is 20.5. The average Bonchev–Trinajstić information content (AvgIpc) is 2.70. The first kappa shape index (κ1) is 21.9. The van der Waals surface area contributed by atoms with Crippen LogP contribution in [0.2, 0.25) is 5.02 Å². The van der Waals surface area contributed by atoms with Gasteiger partial charge >= 0.3 is 0 Å². The maximum atomic E-state index is 14.1. The summed E-state index contributed by atoms with van der Waals surface area (Å²) >= 11 is 6.17. The van der Waals surface area contributed by atoms with Crippen molar-refractivity contribution in [2.75, 3.05) is 6.54 Å². The molecule has 0 unspecified atom stereocenters. The number of nitrogens with one attached hydrogen (secondary N) is 1. The van der Waals surface area contributed by atoms with Gasteiger partial charge in [-0.25, -0.2) is 4.39 Å². The minimum Gasteiger partial charge on any atom is -0.354 e. The highest BCUT2D eigenvalue weighted by Gasteiger charge is 2.26. The monoisotopic (exact) mass is 404 g/mol. The normalized spacial score (nSPS) is 11.7. The van der Waals surface area contributed by atoms with Crippen LogP contribution in [0.15, 0.2) is 48.5 Å². The second-order valence-corrected chi connectivity index (χ2v) is 7.08. The van der Waals surface area contributed by atoms with Gasteiger partial charge in [0.2, 0.25) is 11.8 Å². The molecule has 0 saturated heterocycles. The molecule has 0 aliphatic rings. The molecule has 2 aromatic carbocycles. The topological polar surface area (TPSA) is 49.4 Å². The molecule has 4 nitrogen and oxygen atoms in total. The summed E-state index contributed by atoms with van der Waals surface area (Å²) in [5.41, 5.74) is 1.25. The number of amides is 2. The second kappa shape index (κ2) is 10.8. The zero-order valence-electron chi connectivity index (χ0n) is 16.3. The van der Waals surface area contributed by atoms with E-state index < -0.39 is 11.9 Å². The van der Waals surface area contributed by atoms with E-state index >= 15 is 0 Å². The van der Waals surface area contributed by atoms with E-state index in [1.807, 2.05) is 25.1 Å². The van der Waals surface area contributed by atoms with Crippen LogP contribution in [0.3, 0.4) is 0 Å². The van der Waals surface area contributed by atoms with Crippen LogP contribution in [0.25, 0.3) is 0 Å². The standard InChI is InChI=1S/C22H26ClFN2O2/c1-3-14-25-22(28)16(2)26(15-18-9-5-7-11-20(18)24)21(27)13-12-17-8-4-6-10-19(17)23/h4-11,16H,3,12-15H2,1-2H3,(H,25,28)/t16-/m1/s1. The van der Waals surface area contributed by atoms with Gasteiger partial charge in [-0.15, -0.1) is 0 Å². The summed E-state index contributed by atoms with van der Waals surface area (Å²) in [5.74, 6) is -0.862. The Morgan fingerprint density at radius 2 is 1.75 bits per heavy atom. The minimum atomic E-state index is -0.704. The molecular formula is C22H26ClFN2O2. The first-order chi connectivity index (χ1) is 13.4. The second-order valence-electron chi connectivity index (χ2n) is 6.67. The van der Waals surface area contributed by atoms with Crippen LogP contribution >= 0.6 is 11.6 Å². The number of aryl methyl sites for hydroxylation is 1. The molecule has 0 aliphatic carbocycles. The quantitative estimate of drug-likeness (QED) is 0.675. The molecule has 0 bridgehead atoms. The third kappa shape index (κ3) is 6.06. The zero-order valence-corrected chi connectivity index (χ0v) is 17.0. The van der Waals surface area contributed by atoms with Crippen LogP contribution in [0.4, 0.5) is 4.39 Å². The van der Waals surface area contributed by atoms with E-state index in [4.69, 9.17) is 11.6 Å². The van der Waals surface area contributed by atoms with Gasteiger partial charge in [-0.1, -0.05) is 54.9 Å². The molecule has 0 radical (unpaired) electrons. The summed E-state index contributed by atoms with van der Waals surface area (Å²) in [6.07, 6.45) is 1.44. The molecule has 2 amide bonds. The van der Waals surface area contributed by atoms with E-state index in [1.54, 1.807) is 31.2 Å². The number of halogens is 2. The molecule has 0 spiro atoms. The van der Waals surface area contributed by atoms with E-state index in [1.165, 1.54) is 11.0 Å². The van der Waals surface area contributed by atoms with Crippen molar-refractivity contribution in [2.24, 2.45) is 0 Å². The van der Waals surface area contributed by atoms with Gasteiger partial charge in [0.1, 0.15) is 11.9 Å². The third-order valence-electron chi connectivity index (χ3n) is 4.58. The van der Waals surface area contributed by atoms with Gasteiger partial charge in [-0.2, -0.15) is 0 Å². The fraction of sp³-hybridized carbons (Fsp3) is 0.364. The Morgan fingerprint density at radius 3 is 2.39 bits per heavy atom. The molecule has 0 saturated carbocycles. The molecule has 0 aromatic heterocycles. The van der Waals surface area contributed by atoms with Crippen LogP contribution in [0.5, 0.6) is 0 Å². The van der Waals surface area contributed by atoms with E-state index in [0.717, 1.165) is 12.0 Å². The number of hydrogen-bond donors (Lipinski definition) is 1. The maximum Gasteiger partial charge on any atom is 0.242 e. The highest BCUT2D eigenvalue weighted by Crippen LogP contribution is 2.19. The summed E-state index contributed by atoms with van der Waals surface area (Å²) in [7, 11) is 0. The lowest BCUT2D eigenvalue weighted by Gasteiger charge is -2.29. The van der Waals surface area contributed by atoms with E-state index in [0.29, 0.717) is 23.6 Å². The van der Waals surface area contributed by atoms with Gasteiger partial charge in [0.05, 0.1) is 0 Å². The van der Waals surface area contributed by atoms with Crippen LogP contribution in [-0.2, 0) is 22.6 Å². The van der Waals surface area contributed by atoms with Gasteiger partial charge in [-0.3, -0.25) is 9.59 Å². The molecule has 1 atom stereocenters. The van der Waals surface area contributed by atoms with Crippen molar-refractivity contribution >= 4 is 23.4 Å². The van der Waals surface area contributed by atoms with E-state index in [9.17, 15) is 14.0 Å². The predicted octanol–water partition coefficient (Wildman–Crippen LogP) is 4.36. The van der Waals surface area contributed by atoms with Crippen molar-refractivity contribution < 1.29 is 14.0 Å². The number of rotatable bonds is 9. The minimum absolute atomic E-state index is 0.0364. The maximum absolute atomic E-state index is 14.1. The largest absolute Gasteiger partial charge is 0.354 e. The summed E-state index contributed by atoms with van der Waals surface area (Å²) in [6.45, 7) is 4.19. The van der Waals surface area contributed by atoms with Gasteiger partial charge in [-0.05, 0) is 37.5 Å². The summed E-state index contributed by atoms with van der Waals surface area (Å²) in [4.78, 5) is 26.8. The van der Waals surface area contributed by atoms with Crippen LogP contribution in [0.1, 0.15) is 37.8 Å². The molecule has 150 valence electrons. The Labute approximate surface area is 170 Å². The van der Waals surface area contributed by atoms with Gasteiger partial charge in [0, 0.05) is 30.1 Å². The molecular weight excluding hydrogens is 379 g/mol. The van der Waals surface area contributed by atoms with E-state index in [2.05, 4.69) is 5.32 Å². The average molecular weight is 405 g/mol. The van der Waals surface area contributed by atoms with Crippen molar-refractivity contribution in [3.8, 4) is 0 Å². The number of hydrogen-bond acceptors (Lipinski definition) is 2. The Morgan fingerprint density at radius 1 is 1.11 bits per heavy atom. The molecule has 28 heavy (non-hydrogen) atoms. The lowest BCUT2D eigenvalue weighted by molar-refractivity contribution is -0.140. The number of nitrogens with zero attached hydrogens (tertiary/aromatic N) is 1. The third-order valence-corrected chi connectivity index (χ3v) is 4.95. The molecule has 2 rings (SSSR count). The first-order valence-corrected chi connectivity index (χ1v) is 9.85. The molecule has 6 heteroatoms. The van der Waals surface area contributed by atoms with Gasteiger partial charge < -0.3 is 10.2 Å². The number of carbonyl (C=O) groups excluding carboxylic acids is 2. The number of carbonyl (C=O) groups is 2.